The van der Waals surface area contributed by atoms with Gasteiger partial charge in [-0.05, 0) is 6.92 Å². The topological polar surface area (TPSA) is 244 Å². The molecule has 0 spiro atoms. The van der Waals surface area contributed by atoms with Gasteiger partial charge in [-0.2, -0.15) is 5.21 Å². The maximum Gasteiger partial charge on any atom is 2.00 e. The summed E-state index contributed by atoms with van der Waals surface area (Å²) < 4.78 is 34.0. The van der Waals surface area contributed by atoms with Crippen LogP contribution in [0, 0.1) is 17.2 Å². The largest absolute Gasteiger partial charge is 2.00 e. The van der Waals surface area contributed by atoms with Crippen LogP contribution in [0.25, 0.3) is 0 Å². The van der Waals surface area contributed by atoms with E-state index in [4.69, 9.17) is 18.6 Å². The molecular formula is C2H12ClN4O7Zn+3. The van der Waals surface area contributed by atoms with E-state index in [0.717, 1.165) is 0 Å². The first-order valence-electron chi connectivity index (χ1n) is 2.16. The number of tetrazole rings is 1. The number of halogens is 1. The van der Waals surface area contributed by atoms with Crippen LogP contribution in [0.2, 0.25) is 0 Å². The number of hydrogen-bond donors (Lipinski definition) is 0. The second-order valence-corrected chi connectivity index (χ2v) is 2.06. The van der Waals surface area contributed by atoms with Gasteiger partial charge in [-0.1, -0.05) is 0 Å². The van der Waals surface area contributed by atoms with E-state index in [-0.39, 0.29) is 35.9 Å². The molecule has 9 N–H and O–H groups in total. The Balaban J connectivity index is -0.0000000356. The van der Waals surface area contributed by atoms with Gasteiger partial charge in [-0.25, -0.2) is 18.6 Å². The Hall–Kier alpha value is -0.297. The van der Waals surface area contributed by atoms with Gasteiger partial charge < -0.3 is 21.5 Å². The molecule has 0 unspecified atom stereocenters. The molecule has 1 heterocycles. The minimum Gasteiger partial charge on any atom is -0.457 e. The molecule has 15 heavy (non-hydrogen) atoms. The van der Waals surface area contributed by atoms with Crippen LogP contribution in [0.5, 0.6) is 0 Å². The molecular weight excluding hydrogens is 293 g/mol. The van der Waals surface area contributed by atoms with Crippen LogP contribution in [0.15, 0.2) is 0 Å². The maximum absolute atomic E-state index is 8.49. The summed E-state index contributed by atoms with van der Waals surface area (Å²) in [6, 6.07) is 0. The van der Waals surface area contributed by atoms with Gasteiger partial charge in [0.05, 0.1) is 0 Å². The zero-order valence-electron chi connectivity index (χ0n) is 7.74. The quantitative estimate of drug-likeness (QED) is 0.328. The summed E-state index contributed by atoms with van der Waals surface area (Å²) >= 11 is 0. The fraction of sp³-hybridized carbons (Fsp3) is 0.500. The summed E-state index contributed by atoms with van der Waals surface area (Å²) in [5.41, 5.74) is 0. The number of aryl methyl sites for hydroxylation is 1. The molecule has 0 aliphatic heterocycles. The zero-order valence-corrected chi connectivity index (χ0v) is 11.5. The summed E-state index contributed by atoms with van der Waals surface area (Å²) in [5.74, 6) is 0.620. The third-order valence-electron chi connectivity index (χ3n) is 0.419. The van der Waals surface area contributed by atoms with E-state index in [1.165, 1.54) is 0 Å². The van der Waals surface area contributed by atoms with E-state index in [9.17, 15) is 0 Å². The zero-order chi connectivity index (χ0) is 8.91. The van der Waals surface area contributed by atoms with Crippen molar-refractivity contribution in [2.45, 2.75) is 6.92 Å². The molecule has 1 rings (SSSR count). The predicted molar refractivity (Wildman–Crippen MR) is 32.5 cm³/mol. The second kappa shape index (κ2) is 13.7. The number of nitrogens with zero attached hydrogens (tertiary/aromatic N) is 4. The van der Waals surface area contributed by atoms with E-state index in [1.54, 1.807) is 6.92 Å². The molecule has 1 aromatic rings. The van der Waals surface area contributed by atoms with Gasteiger partial charge in [-0.3, -0.25) is 10.3 Å². The first-order chi connectivity index (χ1) is 4.89. The summed E-state index contributed by atoms with van der Waals surface area (Å²) in [4.78, 5) is 0. The monoisotopic (exact) mass is 303 g/mol. The number of hydrogen-bond acceptors (Lipinski definition) is 7. The van der Waals surface area contributed by atoms with Crippen LogP contribution in [-0.4, -0.2) is 15.5 Å². The van der Waals surface area contributed by atoms with Crippen molar-refractivity contribution in [1.82, 2.24) is 20.6 Å². The average molecular weight is 305 g/mol. The smallest absolute Gasteiger partial charge is 0.457 e. The average Bonchev–Trinajstić information content (AvgIpc) is 2.12. The van der Waals surface area contributed by atoms with Crippen molar-refractivity contribution in [2.75, 3.05) is 0 Å². The van der Waals surface area contributed by atoms with Gasteiger partial charge in [0.15, 0.2) is 0 Å². The second-order valence-electron chi connectivity index (χ2n) is 1.30. The van der Waals surface area contributed by atoms with Gasteiger partial charge in [0.25, 0.3) is 0 Å². The van der Waals surface area contributed by atoms with Crippen molar-refractivity contribution in [3.05, 3.63) is 5.82 Å². The molecule has 0 saturated heterocycles. The maximum atomic E-state index is 8.49. The Morgan fingerprint density at radius 2 is 1.40 bits per heavy atom. The van der Waals surface area contributed by atoms with E-state index in [0.29, 0.717) is 5.82 Å². The first kappa shape index (κ1) is 29.3. The Kier molecular flexibility index (Phi) is 26.8. The standard InChI is InChI=1S/C2H3N4.ClHO4.3H2O.Zn/c1-2-3-5-6-4-2;2-1(3,4)5;;;;/h1H3;(H,2,3,4,5);3*1H2;/q-1;;;;;+2/p+2. The SMILES string of the molecule is Cc1nnn[n-]1.[O-][Cl+3]([O-])([O-])[O-].[OH3+].[OH3+].[OH3+].[Zn+2]. The Labute approximate surface area is 98.5 Å². The van der Waals surface area contributed by atoms with E-state index in [1.807, 2.05) is 0 Å². The molecule has 13 heteroatoms. The van der Waals surface area contributed by atoms with E-state index in [2.05, 4.69) is 20.6 Å². The Bertz CT molecular complexity index is 185. The van der Waals surface area contributed by atoms with Crippen LogP contribution in [0.3, 0.4) is 0 Å². The van der Waals surface area contributed by atoms with Crippen LogP contribution < -0.4 is 23.7 Å². The Morgan fingerprint density at radius 1 is 1.07 bits per heavy atom. The van der Waals surface area contributed by atoms with Crippen LogP contribution in [0.1, 0.15) is 5.82 Å². The molecule has 1 aromatic heterocycles. The molecule has 0 aromatic carbocycles. The van der Waals surface area contributed by atoms with Gasteiger partial charge in [0.2, 0.25) is 0 Å². The van der Waals surface area contributed by atoms with Crippen molar-refractivity contribution in [1.29, 1.82) is 0 Å². The van der Waals surface area contributed by atoms with Crippen molar-refractivity contribution in [2.24, 2.45) is 0 Å². The number of rotatable bonds is 0. The fourth-order valence-electron chi connectivity index (χ4n) is 0.189. The normalized spacial score (nSPS) is 7.53. The van der Waals surface area contributed by atoms with Gasteiger partial charge in [0, 0.05) is 5.82 Å². The molecule has 0 amide bonds. The molecule has 0 aliphatic rings. The van der Waals surface area contributed by atoms with Gasteiger partial charge >= 0.3 is 19.5 Å². The molecule has 0 bridgehead atoms. The molecule has 11 nitrogen and oxygen atoms in total. The minimum absolute atomic E-state index is 0. The molecule has 0 fully saturated rings. The van der Waals surface area contributed by atoms with Crippen molar-refractivity contribution in [3.8, 4) is 0 Å². The molecule has 0 atom stereocenters. The fourth-order valence-corrected chi connectivity index (χ4v) is 0.189. The Morgan fingerprint density at radius 3 is 1.47 bits per heavy atom. The van der Waals surface area contributed by atoms with E-state index >= 15 is 0 Å². The predicted octanol–water partition coefficient (Wildman–Crippen LogP) is -8.39. The van der Waals surface area contributed by atoms with Crippen LogP contribution in [-0.2, 0) is 35.9 Å². The summed E-state index contributed by atoms with van der Waals surface area (Å²) in [6.07, 6.45) is 0. The molecule has 0 saturated carbocycles. The molecule has 88 valence electrons. The molecule has 0 aliphatic carbocycles. The van der Waals surface area contributed by atoms with Crippen molar-refractivity contribution < 1.29 is 64.8 Å². The van der Waals surface area contributed by atoms with Crippen LogP contribution in [0.4, 0.5) is 0 Å². The molecule has 0 radical (unpaired) electrons. The minimum atomic E-state index is -4.94. The summed E-state index contributed by atoms with van der Waals surface area (Å²) in [6.45, 7) is 1.74. The summed E-state index contributed by atoms with van der Waals surface area (Å²) in [7, 11) is -4.94. The third kappa shape index (κ3) is 41.8. The first-order valence-corrected chi connectivity index (χ1v) is 3.40. The van der Waals surface area contributed by atoms with Gasteiger partial charge in [0.1, 0.15) is 0 Å². The van der Waals surface area contributed by atoms with Crippen molar-refractivity contribution in [3.63, 3.8) is 0 Å². The van der Waals surface area contributed by atoms with E-state index < -0.39 is 10.2 Å². The van der Waals surface area contributed by atoms with Crippen molar-refractivity contribution >= 4 is 0 Å². The number of aromatic nitrogens is 4. The summed E-state index contributed by atoms with van der Waals surface area (Å²) in [5, 5.41) is 13.3. The van der Waals surface area contributed by atoms with Gasteiger partial charge in [-0.15, -0.1) is 10.2 Å². The van der Waals surface area contributed by atoms with Crippen LogP contribution >= 0.6 is 0 Å². The third-order valence-corrected chi connectivity index (χ3v) is 0.419.